The van der Waals surface area contributed by atoms with Crippen molar-refractivity contribution in [2.45, 2.75) is 25.7 Å². The van der Waals surface area contributed by atoms with Gasteiger partial charge in [-0.15, -0.1) is 0 Å². The van der Waals surface area contributed by atoms with Crippen molar-refractivity contribution in [2.75, 3.05) is 20.2 Å². The number of hydrogen-bond acceptors (Lipinski definition) is 2. The van der Waals surface area contributed by atoms with E-state index in [-0.39, 0.29) is 5.91 Å². The average Bonchev–Trinajstić information content (AvgIpc) is 3.53. The molecule has 0 bridgehead atoms. The van der Waals surface area contributed by atoms with Gasteiger partial charge >= 0.3 is 0 Å². The van der Waals surface area contributed by atoms with Gasteiger partial charge in [-0.3, -0.25) is 4.79 Å². The van der Waals surface area contributed by atoms with Crippen LogP contribution in [0.25, 0.3) is 11.1 Å². The van der Waals surface area contributed by atoms with Crippen LogP contribution in [-0.4, -0.2) is 31.0 Å². The van der Waals surface area contributed by atoms with Gasteiger partial charge in [-0.1, -0.05) is 35.4 Å². The third-order valence-corrected chi connectivity index (χ3v) is 5.19. The van der Waals surface area contributed by atoms with Crippen molar-refractivity contribution in [3.8, 4) is 16.9 Å². The largest absolute Gasteiger partial charge is 0.497 e. The minimum absolute atomic E-state index is 0.150. The number of benzene rings is 2. The van der Waals surface area contributed by atoms with E-state index in [2.05, 4.69) is 6.07 Å². The van der Waals surface area contributed by atoms with Gasteiger partial charge < -0.3 is 9.64 Å². The van der Waals surface area contributed by atoms with Crippen molar-refractivity contribution >= 4 is 5.91 Å². The van der Waals surface area contributed by atoms with E-state index in [1.54, 1.807) is 18.3 Å². The lowest BCUT2D eigenvalue weighted by molar-refractivity contribution is 0.0743. The predicted octanol–water partition coefficient (Wildman–Crippen LogP) is 4.69. The molecule has 1 amide bonds. The quantitative estimate of drug-likeness (QED) is 0.763. The molecule has 1 aliphatic heterocycles. The van der Waals surface area contributed by atoms with Crippen LogP contribution in [0.1, 0.15) is 36.0 Å². The van der Waals surface area contributed by atoms with Gasteiger partial charge in [-0.2, -0.15) is 0 Å². The zero-order valence-corrected chi connectivity index (χ0v) is 14.6. The molecule has 0 unspecified atom stereocenters. The molecule has 128 valence electrons. The summed E-state index contributed by atoms with van der Waals surface area (Å²) < 4.78 is 5.28. The van der Waals surface area contributed by atoms with Crippen molar-refractivity contribution in [1.29, 1.82) is 0 Å². The Balaban J connectivity index is 1.46. The predicted molar refractivity (Wildman–Crippen MR) is 99.8 cm³/mol. The molecule has 25 heavy (non-hydrogen) atoms. The number of likely N-dealkylation sites (tertiary alicyclic amines) is 1. The molecular weight excluding hydrogens is 310 g/mol. The lowest BCUT2D eigenvalue weighted by Crippen LogP contribution is -2.36. The normalized spacial score (nSPS) is 16.8. The number of amides is 1. The van der Waals surface area contributed by atoms with Gasteiger partial charge in [0.2, 0.25) is 0 Å². The van der Waals surface area contributed by atoms with Crippen LogP contribution in [0.4, 0.5) is 0 Å². The second-order valence-corrected chi connectivity index (χ2v) is 6.81. The summed E-state index contributed by atoms with van der Waals surface area (Å²) in [6, 6.07) is 15.9. The number of hydrogen-bond donors (Lipinski definition) is 0. The Hall–Kier alpha value is -2.55. The molecule has 0 N–H and O–H groups in total. The molecule has 0 radical (unpaired) electrons. The minimum Gasteiger partial charge on any atom is -0.497 e. The highest BCUT2D eigenvalue weighted by molar-refractivity contribution is 5.94. The molecule has 2 aliphatic rings. The van der Waals surface area contributed by atoms with Crippen LogP contribution in [-0.2, 0) is 0 Å². The Morgan fingerprint density at radius 2 is 1.56 bits per heavy atom. The molecule has 4 rings (SSSR count). The first kappa shape index (κ1) is 15.9. The van der Waals surface area contributed by atoms with E-state index in [1.165, 1.54) is 12.8 Å². The fourth-order valence-corrected chi connectivity index (χ4v) is 3.54. The van der Waals surface area contributed by atoms with Gasteiger partial charge in [0.25, 0.3) is 5.91 Å². The number of ether oxygens (including phenoxy) is 1. The highest BCUT2D eigenvalue weighted by Gasteiger charge is 2.24. The van der Waals surface area contributed by atoms with E-state index in [0.717, 1.165) is 48.4 Å². The number of carbonyl (C=O) groups excluding carboxylic acids is 1. The maximum absolute atomic E-state index is 12.7. The summed E-state index contributed by atoms with van der Waals surface area (Å²) in [5.41, 5.74) is 6.22. The second kappa shape index (κ2) is 6.75. The Labute approximate surface area is 148 Å². The molecule has 0 spiro atoms. The summed E-state index contributed by atoms with van der Waals surface area (Å²) in [5, 5.41) is 0. The minimum atomic E-state index is 0.150. The second-order valence-electron chi connectivity index (χ2n) is 6.81. The first-order valence-corrected chi connectivity index (χ1v) is 8.98. The molecule has 3 heteroatoms. The van der Waals surface area contributed by atoms with Crippen molar-refractivity contribution in [2.24, 2.45) is 0 Å². The smallest absolute Gasteiger partial charge is 0.253 e. The molecule has 3 nitrogen and oxygen atoms in total. The van der Waals surface area contributed by atoms with Crippen LogP contribution in [0.2, 0.25) is 0 Å². The number of allylic oxidation sites excluding steroid dienone is 1. The van der Waals surface area contributed by atoms with E-state index in [0.29, 0.717) is 0 Å². The standard InChI is InChI=1S/C22H23NO2/c1-25-21-4-2-3-20(15-21)17-7-9-19(10-8-17)22(24)23-13-11-18(12-14-23)16-5-6-16/h2-4,7-10,15H,5-6,11-14H2,1H3. The van der Waals surface area contributed by atoms with Gasteiger partial charge in [-0.25, -0.2) is 0 Å². The van der Waals surface area contributed by atoms with Crippen LogP contribution >= 0.6 is 0 Å². The van der Waals surface area contributed by atoms with Crippen LogP contribution in [0.3, 0.4) is 0 Å². The van der Waals surface area contributed by atoms with Gasteiger partial charge in [-0.05, 0) is 61.1 Å². The van der Waals surface area contributed by atoms with Gasteiger partial charge in [0, 0.05) is 18.7 Å². The highest BCUT2D eigenvalue weighted by Crippen LogP contribution is 2.36. The first-order valence-electron chi connectivity index (χ1n) is 8.98. The number of methoxy groups -OCH3 is 1. The van der Waals surface area contributed by atoms with Crippen molar-refractivity contribution in [1.82, 2.24) is 4.90 Å². The number of rotatable bonds is 3. The van der Waals surface area contributed by atoms with Crippen molar-refractivity contribution in [3.05, 3.63) is 65.2 Å². The monoisotopic (exact) mass is 333 g/mol. The summed E-state index contributed by atoms with van der Waals surface area (Å²) in [6.45, 7) is 1.71. The molecular formula is C22H23NO2. The van der Waals surface area contributed by atoms with Crippen molar-refractivity contribution in [3.63, 3.8) is 0 Å². The van der Waals surface area contributed by atoms with Crippen molar-refractivity contribution < 1.29 is 9.53 Å². The van der Waals surface area contributed by atoms with Gasteiger partial charge in [0.05, 0.1) is 7.11 Å². The Bertz CT molecular complexity index is 804. The molecule has 0 atom stereocenters. The Kier molecular flexibility index (Phi) is 4.31. The molecule has 1 aliphatic carbocycles. The summed E-state index contributed by atoms with van der Waals surface area (Å²) >= 11 is 0. The number of piperidine rings is 1. The van der Waals surface area contributed by atoms with E-state index < -0.39 is 0 Å². The van der Waals surface area contributed by atoms with Crippen LogP contribution in [0.5, 0.6) is 5.75 Å². The zero-order valence-electron chi connectivity index (χ0n) is 14.6. The third kappa shape index (κ3) is 3.46. The van der Waals surface area contributed by atoms with E-state index in [1.807, 2.05) is 47.4 Å². The molecule has 2 fully saturated rings. The summed E-state index contributed by atoms with van der Waals surface area (Å²) in [7, 11) is 1.67. The molecule has 2 aromatic carbocycles. The third-order valence-electron chi connectivity index (χ3n) is 5.19. The molecule has 1 saturated carbocycles. The topological polar surface area (TPSA) is 29.5 Å². The average molecular weight is 333 g/mol. The van der Waals surface area contributed by atoms with Crippen LogP contribution in [0.15, 0.2) is 59.7 Å². The molecule has 1 heterocycles. The summed E-state index contributed by atoms with van der Waals surface area (Å²) in [5.74, 6) is 0.989. The fraction of sp³-hybridized carbons (Fsp3) is 0.318. The number of nitrogens with zero attached hydrogens (tertiary/aromatic N) is 1. The number of carbonyl (C=O) groups is 1. The van der Waals surface area contributed by atoms with Gasteiger partial charge in [0.1, 0.15) is 5.75 Å². The SMILES string of the molecule is COc1cccc(-c2ccc(C(=O)N3CCC(=C4CC4)CC3)cc2)c1. The van der Waals surface area contributed by atoms with E-state index in [4.69, 9.17) is 4.74 Å². The van der Waals surface area contributed by atoms with Crippen LogP contribution in [0, 0.1) is 0 Å². The first-order chi connectivity index (χ1) is 12.2. The maximum atomic E-state index is 12.7. The lowest BCUT2D eigenvalue weighted by Gasteiger charge is -2.28. The lowest BCUT2D eigenvalue weighted by atomic mass is 10.0. The van der Waals surface area contributed by atoms with E-state index in [9.17, 15) is 4.79 Å². The van der Waals surface area contributed by atoms with Crippen LogP contribution < -0.4 is 4.74 Å². The molecule has 2 aromatic rings. The molecule has 1 saturated heterocycles. The fourth-order valence-electron chi connectivity index (χ4n) is 3.54. The molecule has 0 aromatic heterocycles. The highest BCUT2D eigenvalue weighted by atomic mass is 16.5. The Morgan fingerprint density at radius 3 is 2.20 bits per heavy atom. The van der Waals surface area contributed by atoms with E-state index >= 15 is 0 Å². The Morgan fingerprint density at radius 1 is 0.880 bits per heavy atom. The zero-order chi connectivity index (χ0) is 17.2. The summed E-state index contributed by atoms with van der Waals surface area (Å²) in [4.78, 5) is 14.7. The van der Waals surface area contributed by atoms with Gasteiger partial charge in [0.15, 0.2) is 0 Å². The summed E-state index contributed by atoms with van der Waals surface area (Å²) in [6.07, 6.45) is 4.69. The maximum Gasteiger partial charge on any atom is 0.253 e.